The number of hydrogen-bond donors (Lipinski definition) is 0. The van der Waals surface area contributed by atoms with E-state index in [2.05, 4.69) is 33.6 Å². The highest BCUT2D eigenvalue weighted by molar-refractivity contribution is 14.1. The van der Waals surface area contributed by atoms with Gasteiger partial charge in [0.05, 0.1) is 0 Å². The Morgan fingerprint density at radius 1 is 1.90 bits per heavy atom. The molecule has 1 aromatic heterocycles. The Hall–Kier alpha value is -0.210. The number of aromatic nitrogens is 2. The first-order chi connectivity index (χ1) is 4.74. The minimum atomic E-state index is 0.477. The molecule has 0 N–H and O–H groups in total. The van der Waals surface area contributed by atoms with Crippen LogP contribution in [-0.4, -0.2) is 9.78 Å². The van der Waals surface area contributed by atoms with Gasteiger partial charge < -0.3 is 0 Å². The highest BCUT2D eigenvalue weighted by Crippen LogP contribution is 2.11. The van der Waals surface area contributed by atoms with Gasteiger partial charge in [-0.05, 0) is 22.6 Å². The maximum Gasteiger partial charge on any atom is 0.152 e. The third kappa shape index (κ3) is 1.64. The number of halogens is 2. The predicted molar refractivity (Wildman–Crippen MR) is 48.8 cm³/mol. The van der Waals surface area contributed by atoms with E-state index in [1.165, 1.54) is 0 Å². The molecule has 0 amide bonds. The number of nitrogens with zero attached hydrogens (tertiary/aromatic N) is 2. The molecule has 0 aliphatic heterocycles. The zero-order chi connectivity index (χ0) is 7.56. The SMILES string of the molecule is C#CCn1nc(Cl)cc1I. The van der Waals surface area contributed by atoms with Gasteiger partial charge in [0.1, 0.15) is 10.2 Å². The smallest absolute Gasteiger partial charge is 0.152 e. The second kappa shape index (κ2) is 3.26. The predicted octanol–water partition coefficient (Wildman–Crippen LogP) is 1.77. The Kier molecular flexibility index (Phi) is 2.57. The van der Waals surface area contributed by atoms with E-state index in [-0.39, 0.29) is 0 Å². The minimum Gasteiger partial charge on any atom is -0.246 e. The molecule has 10 heavy (non-hydrogen) atoms. The van der Waals surface area contributed by atoms with Crippen LogP contribution in [0.4, 0.5) is 0 Å². The molecule has 1 aromatic rings. The summed E-state index contributed by atoms with van der Waals surface area (Å²) in [5, 5.41) is 4.42. The van der Waals surface area contributed by atoms with Gasteiger partial charge in [0.25, 0.3) is 0 Å². The maximum atomic E-state index is 5.60. The zero-order valence-electron chi connectivity index (χ0n) is 5.01. The first-order valence-electron chi connectivity index (χ1n) is 2.56. The van der Waals surface area contributed by atoms with Gasteiger partial charge in [-0.3, -0.25) is 0 Å². The van der Waals surface area contributed by atoms with E-state index in [1.54, 1.807) is 10.7 Å². The van der Waals surface area contributed by atoms with Gasteiger partial charge in [-0.25, -0.2) is 4.68 Å². The summed E-state index contributed by atoms with van der Waals surface area (Å²) in [4.78, 5) is 0. The van der Waals surface area contributed by atoms with Crippen LogP contribution in [0.3, 0.4) is 0 Å². The van der Waals surface area contributed by atoms with Crippen molar-refractivity contribution in [2.45, 2.75) is 6.54 Å². The lowest BCUT2D eigenvalue weighted by molar-refractivity contribution is 0.698. The lowest BCUT2D eigenvalue weighted by Crippen LogP contribution is -1.99. The van der Waals surface area contributed by atoms with Crippen LogP contribution in [0.25, 0.3) is 0 Å². The lowest BCUT2D eigenvalue weighted by atomic mass is 10.7. The molecule has 0 fully saturated rings. The van der Waals surface area contributed by atoms with Crippen molar-refractivity contribution in [3.8, 4) is 12.3 Å². The van der Waals surface area contributed by atoms with Crippen LogP contribution in [0, 0.1) is 16.0 Å². The van der Waals surface area contributed by atoms with Crippen molar-refractivity contribution in [3.05, 3.63) is 14.9 Å². The highest BCUT2D eigenvalue weighted by atomic mass is 127. The van der Waals surface area contributed by atoms with Crippen molar-refractivity contribution in [1.82, 2.24) is 9.78 Å². The zero-order valence-corrected chi connectivity index (χ0v) is 7.93. The summed E-state index contributed by atoms with van der Waals surface area (Å²) in [5.41, 5.74) is 0. The summed E-state index contributed by atoms with van der Waals surface area (Å²) in [6.07, 6.45) is 5.08. The molecule has 0 aliphatic rings. The third-order valence-electron chi connectivity index (χ3n) is 0.942. The maximum absolute atomic E-state index is 5.60. The summed E-state index contributed by atoms with van der Waals surface area (Å²) in [6.45, 7) is 0.477. The van der Waals surface area contributed by atoms with E-state index in [1.807, 2.05) is 0 Å². The first kappa shape index (κ1) is 7.89. The van der Waals surface area contributed by atoms with Crippen LogP contribution in [-0.2, 0) is 6.54 Å². The molecule has 1 rings (SSSR count). The van der Waals surface area contributed by atoms with E-state index in [0.29, 0.717) is 11.7 Å². The van der Waals surface area contributed by atoms with Gasteiger partial charge >= 0.3 is 0 Å². The molecule has 0 atom stereocenters. The molecule has 0 aromatic carbocycles. The lowest BCUT2D eigenvalue weighted by Gasteiger charge is -1.92. The van der Waals surface area contributed by atoms with Crippen molar-refractivity contribution < 1.29 is 0 Å². The van der Waals surface area contributed by atoms with E-state index < -0.39 is 0 Å². The fourth-order valence-corrected chi connectivity index (χ4v) is 1.51. The van der Waals surface area contributed by atoms with Crippen LogP contribution >= 0.6 is 34.2 Å². The molecule has 1 heterocycles. The molecule has 0 spiro atoms. The molecular formula is C6H4ClIN2. The van der Waals surface area contributed by atoms with E-state index in [9.17, 15) is 0 Å². The van der Waals surface area contributed by atoms with Crippen molar-refractivity contribution in [1.29, 1.82) is 0 Å². The van der Waals surface area contributed by atoms with E-state index >= 15 is 0 Å². The molecule has 52 valence electrons. The molecular weight excluding hydrogens is 262 g/mol. The molecule has 4 heteroatoms. The largest absolute Gasteiger partial charge is 0.246 e. The van der Waals surface area contributed by atoms with Crippen LogP contribution in [0.5, 0.6) is 0 Å². The molecule has 0 saturated heterocycles. The fourth-order valence-electron chi connectivity index (χ4n) is 0.562. The molecule has 0 aliphatic carbocycles. The highest BCUT2D eigenvalue weighted by Gasteiger charge is 1.99. The van der Waals surface area contributed by atoms with Crippen LogP contribution in [0.2, 0.25) is 5.15 Å². The Morgan fingerprint density at radius 2 is 2.60 bits per heavy atom. The summed E-state index contributed by atoms with van der Waals surface area (Å²) in [6, 6.07) is 1.76. The second-order valence-electron chi connectivity index (χ2n) is 1.65. The van der Waals surface area contributed by atoms with E-state index in [0.717, 1.165) is 3.70 Å². The summed E-state index contributed by atoms with van der Waals surface area (Å²) in [7, 11) is 0. The van der Waals surface area contributed by atoms with Crippen LogP contribution in [0.15, 0.2) is 6.07 Å². The topological polar surface area (TPSA) is 17.8 Å². The van der Waals surface area contributed by atoms with Crippen molar-refractivity contribution in [2.24, 2.45) is 0 Å². The van der Waals surface area contributed by atoms with Crippen molar-refractivity contribution in [3.63, 3.8) is 0 Å². The van der Waals surface area contributed by atoms with Gasteiger partial charge in [-0.1, -0.05) is 17.5 Å². The van der Waals surface area contributed by atoms with Gasteiger partial charge in [0, 0.05) is 6.07 Å². The van der Waals surface area contributed by atoms with E-state index in [4.69, 9.17) is 18.0 Å². The summed E-state index contributed by atoms with van der Waals surface area (Å²) < 4.78 is 2.63. The normalized spacial score (nSPS) is 9.30. The number of terminal acetylenes is 1. The first-order valence-corrected chi connectivity index (χ1v) is 4.02. The third-order valence-corrected chi connectivity index (χ3v) is 2.00. The Balaban J connectivity index is 2.94. The summed E-state index contributed by atoms with van der Waals surface area (Å²) in [5.74, 6) is 2.48. The standard InChI is InChI=1S/C6H4ClIN2/c1-2-3-10-6(8)4-5(7)9-10/h1,4H,3H2. The van der Waals surface area contributed by atoms with Gasteiger partial charge in [-0.15, -0.1) is 6.42 Å². The quantitative estimate of drug-likeness (QED) is 0.560. The Labute approximate surface area is 77.7 Å². The average Bonchev–Trinajstić information content (AvgIpc) is 2.13. The van der Waals surface area contributed by atoms with Crippen molar-refractivity contribution >= 4 is 34.2 Å². The van der Waals surface area contributed by atoms with Gasteiger partial charge in [0.2, 0.25) is 0 Å². The number of hydrogen-bond acceptors (Lipinski definition) is 1. The number of rotatable bonds is 1. The molecule has 2 nitrogen and oxygen atoms in total. The summed E-state index contributed by atoms with van der Waals surface area (Å²) >= 11 is 7.72. The Bertz CT molecular complexity index is 274. The van der Waals surface area contributed by atoms with Crippen LogP contribution in [0.1, 0.15) is 0 Å². The van der Waals surface area contributed by atoms with Crippen molar-refractivity contribution in [2.75, 3.05) is 0 Å². The monoisotopic (exact) mass is 266 g/mol. The van der Waals surface area contributed by atoms with Crippen LogP contribution < -0.4 is 0 Å². The molecule has 0 bridgehead atoms. The second-order valence-corrected chi connectivity index (χ2v) is 3.14. The molecule has 0 radical (unpaired) electrons. The molecule has 0 saturated carbocycles. The van der Waals surface area contributed by atoms with Gasteiger partial charge in [-0.2, -0.15) is 5.10 Å². The fraction of sp³-hybridized carbons (Fsp3) is 0.167. The average molecular weight is 266 g/mol. The minimum absolute atomic E-state index is 0.477. The van der Waals surface area contributed by atoms with Gasteiger partial charge in [0.15, 0.2) is 5.15 Å². The molecule has 0 unspecified atom stereocenters. The Morgan fingerprint density at radius 3 is 3.00 bits per heavy atom.